The molecule has 0 heterocycles. The van der Waals surface area contributed by atoms with Gasteiger partial charge in [-0.3, -0.25) is 14.2 Å². The summed E-state index contributed by atoms with van der Waals surface area (Å²) in [4.78, 5) is 36.1. The van der Waals surface area contributed by atoms with Crippen molar-refractivity contribution in [3.05, 3.63) is 0 Å². The Morgan fingerprint density at radius 3 is 1.74 bits per heavy atom. The maximum atomic E-state index is 12.2. The molecule has 0 aliphatic rings. The lowest BCUT2D eigenvalue weighted by molar-refractivity contribution is -0.870. The van der Waals surface area contributed by atoms with Crippen LogP contribution in [0.1, 0.15) is 117 Å². The van der Waals surface area contributed by atoms with Crippen molar-refractivity contribution in [3.63, 3.8) is 0 Å². The van der Waals surface area contributed by atoms with Crippen LogP contribution in [0.3, 0.4) is 0 Å². The number of esters is 2. The highest BCUT2D eigenvalue weighted by Crippen LogP contribution is 2.38. The van der Waals surface area contributed by atoms with Crippen molar-refractivity contribution >= 4 is 19.8 Å². The van der Waals surface area contributed by atoms with Gasteiger partial charge in [0.05, 0.1) is 27.7 Å². The Morgan fingerprint density at radius 2 is 1.24 bits per heavy atom. The van der Waals surface area contributed by atoms with Crippen molar-refractivity contribution in [2.24, 2.45) is 0 Å². The van der Waals surface area contributed by atoms with Gasteiger partial charge in [0.2, 0.25) is 0 Å². The second-order valence-corrected chi connectivity index (χ2v) is 12.5. The van der Waals surface area contributed by atoms with Crippen LogP contribution in [-0.2, 0) is 32.7 Å². The third-order valence-electron chi connectivity index (χ3n) is 6.10. The van der Waals surface area contributed by atoms with Gasteiger partial charge < -0.3 is 27.9 Å². The molecule has 0 spiro atoms. The minimum absolute atomic E-state index is 0.0291. The lowest BCUT2D eigenvalue weighted by Gasteiger charge is -2.28. The van der Waals surface area contributed by atoms with E-state index in [1.165, 1.54) is 64.2 Å². The molecule has 0 bridgehead atoms. The molecule has 0 rings (SSSR count). The van der Waals surface area contributed by atoms with Gasteiger partial charge in [-0.25, -0.2) is 0 Å². The summed E-state index contributed by atoms with van der Waals surface area (Å²) < 4.78 is 32.9. The van der Waals surface area contributed by atoms with Crippen LogP contribution in [0, 0.1) is 0 Å². The van der Waals surface area contributed by atoms with Gasteiger partial charge in [0.25, 0.3) is 7.82 Å². The number of carbonyl (C=O) groups is 2. The van der Waals surface area contributed by atoms with E-state index >= 15 is 0 Å². The van der Waals surface area contributed by atoms with E-state index in [-0.39, 0.29) is 26.1 Å². The minimum atomic E-state index is -4.57. The van der Waals surface area contributed by atoms with E-state index in [0.717, 1.165) is 19.3 Å². The Morgan fingerprint density at radius 1 is 0.711 bits per heavy atom. The second kappa shape index (κ2) is 22.8. The molecule has 0 aromatic rings. The number of unbranched alkanes of at least 4 members (excludes halogenated alkanes) is 12. The van der Waals surface area contributed by atoms with Crippen molar-refractivity contribution in [1.29, 1.82) is 0 Å². The molecule has 0 aromatic heterocycles. The molecular weight excluding hydrogens is 509 g/mol. The SMILES string of the molecule is CCCCCCCCCCCCCCCC(=O)OC[C@H](COP(=O)([O-])OCC[N+](C)(C)C)OC(=O)CCC. The average Bonchev–Trinajstić information content (AvgIpc) is 2.83. The minimum Gasteiger partial charge on any atom is -0.756 e. The van der Waals surface area contributed by atoms with Crippen molar-refractivity contribution in [2.45, 2.75) is 123 Å². The van der Waals surface area contributed by atoms with Gasteiger partial charge in [0.1, 0.15) is 19.8 Å². The molecule has 38 heavy (non-hydrogen) atoms. The molecule has 0 saturated heterocycles. The Kier molecular flexibility index (Phi) is 22.2. The first-order chi connectivity index (χ1) is 18.0. The molecule has 10 heteroatoms. The summed E-state index contributed by atoms with van der Waals surface area (Å²) in [7, 11) is 1.16. The van der Waals surface area contributed by atoms with E-state index < -0.39 is 32.5 Å². The summed E-state index contributed by atoms with van der Waals surface area (Å²) >= 11 is 0. The molecule has 226 valence electrons. The number of nitrogens with zero attached hydrogens (tertiary/aromatic N) is 1. The Hall–Kier alpha value is -0.990. The van der Waals surface area contributed by atoms with Gasteiger partial charge in [-0.05, 0) is 12.8 Å². The molecule has 2 atom stereocenters. The summed E-state index contributed by atoms with van der Waals surface area (Å²) in [6.45, 7) is 3.79. The molecule has 0 radical (unpaired) electrons. The Labute approximate surface area is 232 Å². The second-order valence-electron chi connectivity index (χ2n) is 11.1. The fourth-order valence-electron chi connectivity index (χ4n) is 3.75. The summed E-state index contributed by atoms with van der Waals surface area (Å²) in [6, 6.07) is 0. The summed E-state index contributed by atoms with van der Waals surface area (Å²) in [5.41, 5.74) is 0. The summed E-state index contributed by atoms with van der Waals surface area (Å²) in [6.07, 6.45) is 15.9. The fraction of sp³-hybridized carbons (Fsp3) is 0.929. The van der Waals surface area contributed by atoms with Gasteiger partial charge in [-0.2, -0.15) is 0 Å². The van der Waals surface area contributed by atoms with Crippen LogP contribution in [0.15, 0.2) is 0 Å². The number of hydrogen-bond donors (Lipinski definition) is 0. The number of quaternary nitrogens is 1. The first-order valence-electron chi connectivity index (χ1n) is 14.7. The molecule has 9 nitrogen and oxygen atoms in total. The van der Waals surface area contributed by atoms with E-state index in [1.54, 1.807) is 0 Å². The van der Waals surface area contributed by atoms with Crippen LogP contribution in [-0.4, -0.2) is 70.0 Å². The number of rotatable bonds is 26. The molecule has 1 unspecified atom stereocenters. The quantitative estimate of drug-likeness (QED) is 0.0549. The van der Waals surface area contributed by atoms with E-state index in [4.69, 9.17) is 18.5 Å². The number of carbonyl (C=O) groups excluding carboxylic acids is 2. The van der Waals surface area contributed by atoms with Crippen molar-refractivity contribution in [3.8, 4) is 0 Å². The molecule has 0 N–H and O–H groups in total. The predicted octanol–water partition coefficient (Wildman–Crippen LogP) is 5.93. The number of phosphoric ester groups is 1. The third-order valence-corrected chi connectivity index (χ3v) is 7.06. The van der Waals surface area contributed by atoms with Crippen LogP contribution in [0.4, 0.5) is 0 Å². The van der Waals surface area contributed by atoms with Crippen molar-refractivity contribution < 1.29 is 42.1 Å². The molecule has 0 fully saturated rings. The van der Waals surface area contributed by atoms with Crippen LogP contribution >= 0.6 is 7.82 Å². The predicted molar refractivity (Wildman–Crippen MR) is 148 cm³/mol. The first-order valence-corrected chi connectivity index (χ1v) is 16.2. The summed E-state index contributed by atoms with van der Waals surface area (Å²) in [5.74, 6) is -0.894. The fourth-order valence-corrected chi connectivity index (χ4v) is 4.48. The number of likely N-dealkylation sites (N-methyl/N-ethyl adjacent to an activating group) is 1. The van der Waals surface area contributed by atoms with Crippen molar-refractivity contribution in [1.82, 2.24) is 0 Å². The molecule has 0 aliphatic heterocycles. The van der Waals surface area contributed by atoms with Gasteiger partial charge in [-0.15, -0.1) is 0 Å². The van der Waals surface area contributed by atoms with E-state index in [1.807, 2.05) is 28.1 Å². The molecule has 0 aromatic carbocycles. The van der Waals surface area contributed by atoms with E-state index in [2.05, 4.69) is 6.92 Å². The normalized spacial score (nSPS) is 14.2. The van der Waals surface area contributed by atoms with Crippen molar-refractivity contribution in [2.75, 3.05) is 47.5 Å². The lowest BCUT2D eigenvalue weighted by atomic mass is 10.0. The highest BCUT2D eigenvalue weighted by Gasteiger charge is 2.21. The van der Waals surface area contributed by atoms with Gasteiger partial charge in [0, 0.05) is 12.8 Å². The topological polar surface area (TPSA) is 111 Å². The van der Waals surface area contributed by atoms with E-state index in [9.17, 15) is 19.0 Å². The third kappa shape index (κ3) is 25.3. The smallest absolute Gasteiger partial charge is 0.306 e. The van der Waals surface area contributed by atoms with Gasteiger partial charge in [-0.1, -0.05) is 90.9 Å². The highest BCUT2D eigenvalue weighted by molar-refractivity contribution is 7.45. The monoisotopic (exact) mass is 565 g/mol. The number of hydrogen-bond acceptors (Lipinski definition) is 8. The number of phosphoric acid groups is 1. The maximum absolute atomic E-state index is 12.2. The zero-order valence-corrected chi connectivity index (χ0v) is 25.8. The van der Waals surface area contributed by atoms with Crippen LogP contribution in [0.2, 0.25) is 0 Å². The molecule has 0 saturated carbocycles. The first kappa shape index (κ1) is 37.0. The standard InChI is InChI=1S/C28H56NO8P/c1-6-8-9-10-11-12-13-14-15-16-17-18-19-21-27(30)34-24-26(37-28(31)20-7-2)25-36-38(32,33)35-23-22-29(3,4)5/h26H,6-25H2,1-5H3/t26-/m1/s1. The maximum Gasteiger partial charge on any atom is 0.306 e. The summed E-state index contributed by atoms with van der Waals surface area (Å²) in [5, 5.41) is 0. The van der Waals surface area contributed by atoms with Crippen LogP contribution in [0.25, 0.3) is 0 Å². The van der Waals surface area contributed by atoms with Crippen LogP contribution in [0.5, 0.6) is 0 Å². The Bertz CT molecular complexity index is 653. The molecule has 0 aliphatic carbocycles. The van der Waals surface area contributed by atoms with Crippen LogP contribution < -0.4 is 4.89 Å². The zero-order chi connectivity index (χ0) is 28.7. The van der Waals surface area contributed by atoms with Gasteiger partial charge in [0.15, 0.2) is 6.10 Å². The number of ether oxygens (including phenoxy) is 2. The highest BCUT2D eigenvalue weighted by atomic mass is 31.2. The van der Waals surface area contributed by atoms with E-state index in [0.29, 0.717) is 17.4 Å². The largest absolute Gasteiger partial charge is 0.756 e. The molecule has 0 amide bonds. The average molecular weight is 566 g/mol. The van der Waals surface area contributed by atoms with Gasteiger partial charge >= 0.3 is 11.9 Å². The lowest BCUT2D eigenvalue weighted by Crippen LogP contribution is -2.37. The Balaban J connectivity index is 4.14. The molecular formula is C28H56NO8P. The zero-order valence-electron chi connectivity index (χ0n) is 24.9.